The maximum atomic E-state index is 5.43. The molecule has 1 N–H and O–H groups in total. The Balaban J connectivity index is 1.62. The first-order chi connectivity index (χ1) is 8.79. The molecule has 0 radical (unpaired) electrons. The Bertz CT molecular complexity index is 575. The molecule has 2 aromatic rings. The van der Waals surface area contributed by atoms with Crippen molar-refractivity contribution in [2.45, 2.75) is 37.3 Å². The van der Waals surface area contributed by atoms with E-state index in [0.717, 1.165) is 17.9 Å². The second-order valence-corrected chi connectivity index (χ2v) is 5.25. The quantitative estimate of drug-likeness (QED) is 0.857. The van der Waals surface area contributed by atoms with E-state index in [2.05, 4.69) is 20.6 Å². The molecule has 6 nitrogen and oxygen atoms in total. The number of hydrogen-bond acceptors (Lipinski definition) is 5. The standard InChI is InChI=1S/C12H15N5O/c1-17-6-7(5-13-17)11-15-12(18-16-11)9-4-8-2-3-10(9)14-8/h5-6,8-10,14H,2-4H2,1H3. The van der Waals surface area contributed by atoms with Gasteiger partial charge in [-0.25, -0.2) is 0 Å². The van der Waals surface area contributed by atoms with Gasteiger partial charge in [-0.2, -0.15) is 10.1 Å². The van der Waals surface area contributed by atoms with E-state index in [1.54, 1.807) is 10.9 Å². The summed E-state index contributed by atoms with van der Waals surface area (Å²) in [7, 11) is 1.88. The SMILES string of the molecule is Cn1cc(-c2noc(C3CC4CCC3N4)n2)cn1. The van der Waals surface area contributed by atoms with Gasteiger partial charge in [0.15, 0.2) is 0 Å². The van der Waals surface area contributed by atoms with Gasteiger partial charge in [-0.15, -0.1) is 0 Å². The summed E-state index contributed by atoms with van der Waals surface area (Å²) in [5, 5.41) is 11.8. The van der Waals surface area contributed by atoms with Gasteiger partial charge in [0.2, 0.25) is 11.7 Å². The van der Waals surface area contributed by atoms with Crippen LogP contribution in [0.1, 0.15) is 31.1 Å². The summed E-state index contributed by atoms with van der Waals surface area (Å²) in [6, 6.07) is 1.17. The number of aryl methyl sites for hydroxylation is 1. The van der Waals surface area contributed by atoms with E-state index in [9.17, 15) is 0 Å². The fourth-order valence-corrected chi connectivity index (χ4v) is 3.14. The number of aromatic nitrogens is 4. The highest BCUT2D eigenvalue weighted by atomic mass is 16.5. The molecule has 0 saturated carbocycles. The number of rotatable bonds is 2. The molecule has 2 fully saturated rings. The molecule has 3 unspecified atom stereocenters. The lowest BCUT2D eigenvalue weighted by Gasteiger charge is -2.15. The van der Waals surface area contributed by atoms with Crippen molar-refractivity contribution in [1.29, 1.82) is 0 Å². The Hall–Kier alpha value is -1.69. The van der Waals surface area contributed by atoms with Crippen molar-refractivity contribution in [3.63, 3.8) is 0 Å². The van der Waals surface area contributed by atoms with Gasteiger partial charge in [0.05, 0.1) is 17.7 Å². The van der Waals surface area contributed by atoms with Crippen molar-refractivity contribution in [2.75, 3.05) is 0 Å². The molecule has 0 aliphatic carbocycles. The Labute approximate surface area is 104 Å². The van der Waals surface area contributed by atoms with Crippen LogP contribution in [0.25, 0.3) is 11.4 Å². The van der Waals surface area contributed by atoms with E-state index in [1.165, 1.54) is 12.8 Å². The average molecular weight is 245 g/mol. The van der Waals surface area contributed by atoms with Crippen LogP contribution < -0.4 is 5.32 Å². The van der Waals surface area contributed by atoms with Crippen molar-refractivity contribution < 1.29 is 4.52 Å². The average Bonchev–Trinajstić information content (AvgIpc) is 3.12. The van der Waals surface area contributed by atoms with Gasteiger partial charge in [0.25, 0.3) is 0 Å². The van der Waals surface area contributed by atoms with Crippen LogP contribution in [-0.2, 0) is 7.05 Å². The molecule has 6 heteroatoms. The molecule has 3 atom stereocenters. The first kappa shape index (κ1) is 10.3. The minimum atomic E-state index is 0.390. The van der Waals surface area contributed by atoms with Crippen LogP contribution in [0, 0.1) is 0 Å². The minimum absolute atomic E-state index is 0.390. The summed E-state index contributed by atoms with van der Waals surface area (Å²) < 4.78 is 7.17. The highest BCUT2D eigenvalue weighted by molar-refractivity contribution is 5.51. The smallest absolute Gasteiger partial charge is 0.231 e. The Kier molecular flexibility index (Phi) is 2.08. The zero-order valence-corrected chi connectivity index (χ0v) is 10.2. The monoisotopic (exact) mass is 245 g/mol. The summed E-state index contributed by atoms with van der Waals surface area (Å²) in [5.41, 5.74) is 0.906. The van der Waals surface area contributed by atoms with Crippen molar-refractivity contribution in [3.8, 4) is 11.4 Å². The number of fused-ring (bicyclic) bond motifs is 2. The topological polar surface area (TPSA) is 68.8 Å². The number of nitrogens with one attached hydrogen (secondary N) is 1. The van der Waals surface area contributed by atoms with E-state index >= 15 is 0 Å². The molecule has 4 heterocycles. The predicted molar refractivity (Wildman–Crippen MR) is 63.8 cm³/mol. The van der Waals surface area contributed by atoms with Gasteiger partial charge in [-0.05, 0) is 19.3 Å². The van der Waals surface area contributed by atoms with E-state index in [0.29, 0.717) is 23.8 Å². The Morgan fingerprint density at radius 3 is 3.06 bits per heavy atom. The van der Waals surface area contributed by atoms with E-state index in [1.807, 2.05) is 13.2 Å². The van der Waals surface area contributed by atoms with Crippen molar-refractivity contribution in [1.82, 2.24) is 25.2 Å². The normalized spacial score (nSPS) is 30.2. The highest BCUT2D eigenvalue weighted by Gasteiger charge is 2.42. The van der Waals surface area contributed by atoms with Crippen LogP contribution in [0.2, 0.25) is 0 Å². The molecular formula is C12H15N5O. The second-order valence-electron chi connectivity index (χ2n) is 5.25. The fraction of sp³-hybridized carbons (Fsp3) is 0.583. The fourth-order valence-electron chi connectivity index (χ4n) is 3.14. The van der Waals surface area contributed by atoms with E-state index in [-0.39, 0.29) is 0 Å². The zero-order valence-electron chi connectivity index (χ0n) is 10.2. The molecule has 0 aromatic carbocycles. The third kappa shape index (κ3) is 1.49. The van der Waals surface area contributed by atoms with Gasteiger partial charge in [-0.1, -0.05) is 5.16 Å². The molecule has 2 saturated heterocycles. The predicted octanol–water partition coefficient (Wildman–Crippen LogP) is 1.08. The first-order valence-electron chi connectivity index (χ1n) is 6.38. The van der Waals surface area contributed by atoms with Crippen LogP contribution in [0.5, 0.6) is 0 Å². The molecule has 4 rings (SSSR count). The molecule has 2 aliphatic rings. The summed E-state index contributed by atoms with van der Waals surface area (Å²) >= 11 is 0. The van der Waals surface area contributed by atoms with Crippen LogP contribution in [-0.4, -0.2) is 32.0 Å². The van der Waals surface area contributed by atoms with Gasteiger partial charge in [0.1, 0.15) is 0 Å². The molecule has 2 aliphatic heterocycles. The van der Waals surface area contributed by atoms with E-state index in [4.69, 9.17) is 4.52 Å². The van der Waals surface area contributed by atoms with Gasteiger partial charge >= 0.3 is 0 Å². The van der Waals surface area contributed by atoms with Crippen molar-refractivity contribution in [2.24, 2.45) is 7.05 Å². The molecule has 18 heavy (non-hydrogen) atoms. The number of hydrogen-bond donors (Lipinski definition) is 1. The summed E-state index contributed by atoms with van der Waals surface area (Å²) in [6.45, 7) is 0. The third-order valence-electron chi connectivity index (χ3n) is 4.02. The van der Waals surface area contributed by atoms with Gasteiger partial charge in [0, 0.05) is 25.3 Å². The summed E-state index contributed by atoms with van der Waals surface area (Å²) in [5.74, 6) is 1.80. The minimum Gasteiger partial charge on any atom is -0.339 e. The van der Waals surface area contributed by atoms with Crippen molar-refractivity contribution >= 4 is 0 Å². The molecule has 0 amide bonds. The molecule has 0 spiro atoms. The maximum absolute atomic E-state index is 5.43. The van der Waals surface area contributed by atoms with E-state index < -0.39 is 0 Å². The summed E-state index contributed by atoms with van der Waals surface area (Å²) in [6.07, 6.45) is 7.28. The van der Waals surface area contributed by atoms with Crippen LogP contribution in [0.4, 0.5) is 0 Å². The van der Waals surface area contributed by atoms with Gasteiger partial charge < -0.3 is 9.84 Å². The maximum Gasteiger partial charge on any atom is 0.231 e. The third-order valence-corrected chi connectivity index (χ3v) is 4.02. The van der Waals surface area contributed by atoms with Crippen molar-refractivity contribution in [3.05, 3.63) is 18.3 Å². The van der Waals surface area contributed by atoms with Gasteiger partial charge in [-0.3, -0.25) is 4.68 Å². The molecule has 2 aromatic heterocycles. The summed E-state index contributed by atoms with van der Waals surface area (Å²) in [4.78, 5) is 4.52. The van der Waals surface area contributed by atoms with Crippen LogP contribution in [0.3, 0.4) is 0 Å². The van der Waals surface area contributed by atoms with Crippen LogP contribution in [0.15, 0.2) is 16.9 Å². The lowest BCUT2D eigenvalue weighted by molar-refractivity contribution is 0.329. The highest BCUT2D eigenvalue weighted by Crippen LogP contribution is 2.39. The Morgan fingerprint density at radius 2 is 2.39 bits per heavy atom. The lowest BCUT2D eigenvalue weighted by Crippen LogP contribution is -2.21. The second kappa shape index (κ2) is 3.65. The molecule has 2 bridgehead atoms. The lowest BCUT2D eigenvalue weighted by atomic mass is 9.89. The molecule has 94 valence electrons. The van der Waals surface area contributed by atoms with Crippen LogP contribution >= 0.6 is 0 Å². The first-order valence-corrected chi connectivity index (χ1v) is 6.38. The Morgan fingerprint density at radius 1 is 1.44 bits per heavy atom. The number of nitrogens with zero attached hydrogens (tertiary/aromatic N) is 4. The molecular weight excluding hydrogens is 230 g/mol. The zero-order chi connectivity index (χ0) is 12.1. The largest absolute Gasteiger partial charge is 0.339 e.